The first-order valence-electron chi connectivity index (χ1n) is 8.44. The van der Waals surface area contributed by atoms with Crippen molar-refractivity contribution in [1.82, 2.24) is 14.8 Å². The molecule has 2 saturated heterocycles. The SMILES string of the molecule is Cc1nc(CN(C)C(=O)C2CCN([C@H]3CCS(=O)(=O)C3)CC2)cs1. The van der Waals surface area contributed by atoms with Gasteiger partial charge in [0, 0.05) is 24.4 Å². The van der Waals surface area contributed by atoms with E-state index in [4.69, 9.17) is 0 Å². The van der Waals surface area contributed by atoms with E-state index in [9.17, 15) is 13.2 Å². The molecule has 24 heavy (non-hydrogen) atoms. The maximum atomic E-state index is 12.6. The summed E-state index contributed by atoms with van der Waals surface area (Å²) in [5.41, 5.74) is 0.946. The average Bonchev–Trinajstić information content (AvgIpc) is 3.12. The van der Waals surface area contributed by atoms with E-state index in [-0.39, 0.29) is 23.6 Å². The van der Waals surface area contributed by atoms with Crippen LogP contribution in [0.3, 0.4) is 0 Å². The summed E-state index contributed by atoms with van der Waals surface area (Å²) < 4.78 is 23.3. The van der Waals surface area contributed by atoms with E-state index in [1.807, 2.05) is 19.4 Å². The molecule has 0 aliphatic carbocycles. The highest BCUT2D eigenvalue weighted by atomic mass is 32.2. The Morgan fingerprint density at radius 1 is 1.38 bits per heavy atom. The predicted octanol–water partition coefficient (Wildman–Crippen LogP) is 1.31. The number of carbonyl (C=O) groups excluding carboxylic acids is 1. The molecule has 134 valence electrons. The molecule has 1 aromatic heterocycles. The third kappa shape index (κ3) is 4.15. The zero-order valence-corrected chi connectivity index (χ0v) is 15.9. The molecule has 6 nitrogen and oxygen atoms in total. The second kappa shape index (κ2) is 7.09. The monoisotopic (exact) mass is 371 g/mol. The quantitative estimate of drug-likeness (QED) is 0.798. The highest BCUT2D eigenvalue weighted by molar-refractivity contribution is 7.91. The number of hydrogen-bond acceptors (Lipinski definition) is 6. The summed E-state index contributed by atoms with van der Waals surface area (Å²) in [6.45, 7) is 4.17. The van der Waals surface area contributed by atoms with Crippen molar-refractivity contribution >= 4 is 27.1 Å². The van der Waals surface area contributed by atoms with Gasteiger partial charge in [-0.1, -0.05) is 0 Å². The molecule has 1 amide bonds. The lowest BCUT2D eigenvalue weighted by molar-refractivity contribution is -0.136. The number of piperidine rings is 1. The lowest BCUT2D eigenvalue weighted by atomic mass is 9.94. The average molecular weight is 372 g/mol. The van der Waals surface area contributed by atoms with Gasteiger partial charge >= 0.3 is 0 Å². The van der Waals surface area contributed by atoms with Crippen LogP contribution in [0.25, 0.3) is 0 Å². The van der Waals surface area contributed by atoms with Gasteiger partial charge in [0.1, 0.15) is 0 Å². The molecular weight excluding hydrogens is 346 g/mol. The van der Waals surface area contributed by atoms with Crippen LogP contribution in [0.1, 0.15) is 30.0 Å². The van der Waals surface area contributed by atoms with E-state index < -0.39 is 9.84 Å². The van der Waals surface area contributed by atoms with Gasteiger partial charge < -0.3 is 4.90 Å². The van der Waals surface area contributed by atoms with Crippen LogP contribution >= 0.6 is 11.3 Å². The fourth-order valence-electron chi connectivity index (χ4n) is 3.69. The van der Waals surface area contributed by atoms with Crippen LogP contribution in [-0.4, -0.2) is 66.8 Å². The smallest absolute Gasteiger partial charge is 0.225 e. The second-order valence-corrected chi connectivity index (χ2v) is 10.2. The molecule has 8 heteroatoms. The molecule has 3 heterocycles. The number of sulfone groups is 1. The van der Waals surface area contributed by atoms with Crippen molar-refractivity contribution in [2.75, 3.05) is 31.6 Å². The molecule has 0 aromatic carbocycles. The summed E-state index contributed by atoms with van der Waals surface area (Å²) in [4.78, 5) is 21.1. The van der Waals surface area contributed by atoms with Crippen molar-refractivity contribution in [2.24, 2.45) is 5.92 Å². The summed E-state index contributed by atoms with van der Waals surface area (Å²) in [5.74, 6) is 0.824. The standard InChI is InChI=1S/C16H25N3O3S2/c1-12-17-14(10-23-12)9-18(2)16(20)13-3-6-19(7-4-13)15-5-8-24(21,22)11-15/h10,13,15H,3-9,11H2,1-2H3/t15-/m0/s1. The number of carbonyl (C=O) groups is 1. The second-order valence-electron chi connectivity index (χ2n) is 6.92. The largest absolute Gasteiger partial charge is 0.340 e. The Hall–Kier alpha value is -0.990. The van der Waals surface area contributed by atoms with Crippen molar-refractivity contribution in [2.45, 2.75) is 38.8 Å². The fourth-order valence-corrected chi connectivity index (χ4v) is 6.05. The molecule has 1 atom stereocenters. The number of hydrogen-bond donors (Lipinski definition) is 0. The van der Waals surface area contributed by atoms with Gasteiger partial charge in [-0.05, 0) is 39.3 Å². The number of nitrogens with zero attached hydrogens (tertiary/aromatic N) is 3. The topological polar surface area (TPSA) is 70.6 Å². The third-order valence-corrected chi connectivity index (χ3v) is 7.62. The van der Waals surface area contributed by atoms with Gasteiger partial charge in [-0.3, -0.25) is 9.69 Å². The molecule has 1 aromatic rings. The van der Waals surface area contributed by atoms with Gasteiger partial charge in [-0.25, -0.2) is 13.4 Å². The zero-order chi connectivity index (χ0) is 17.3. The number of aryl methyl sites for hydroxylation is 1. The molecule has 0 spiro atoms. The van der Waals surface area contributed by atoms with E-state index in [1.165, 1.54) is 0 Å². The van der Waals surface area contributed by atoms with Gasteiger partial charge in [0.25, 0.3) is 0 Å². The van der Waals surface area contributed by atoms with E-state index in [0.717, 1.165) is 43.1 Å². The first kappa shape index (κ1) is 17.8. The minimum Gasteiger partial charge on any atom is -0.340 e. The van der Waals surface area contributed by atoms with Gasteiger partial charge in [-0.2, -0.15) is 0 Å². The first-order chi connectivity index (χ1) is 11.3. The summed E-state index contributed by atoms with van der Waals surface area (Å²) in [6, 6.07) is 0.154. The van der Waals surface area contributed by atoms with Gasteiger partial charge in [0.2, 0.25) is 5.91 Å². The van der Waals surface area contributed by atoms with Crippen LogP contribution < -0.4 is 0 Å². The van der Waals surface area contributed by atoms with Crippen LogP contribution in [0, 0.1) is 12.8 Å². The Morgan fingerprint density at radius 2 is 2.08 bits per heavy atom. The van der Waals surface area contributed by atoms with Crippen molar-refractivity contribution in [3.05, 3.63) is 16.1 Å². The van der Waals surface area contributed by atoms with Crippen LogP contribution in [-0.2, 0) is 21.2 Å². The molecule has 0 bridgehead atoms. The van der Waals surface area contributed by atoms with E-state index in [1.54, 1.807) is 16.2 Å². The summed E-state index contributed by atoms with van der Waals surface area (Å²) >= 11 is 1.60. The lowest BCUT2D eigenvalue weighted by Gasteiger charge is -2.36. The third-order valence-electron chi connectivity index (χ3n) is 5.05. The Bertz CT molecular complexity index is 693. The molecule has 2 aliphatic heterocycles. The van der Waals surface area contributed by atoms with Crippen LogP contribution in [0.4, 0.5) is 0 Å². The van der Waals surface area contributed by atoms with Crippen LogP contribution in [0.5, 0.6) is 0 Å². The van der Waals surface area contributed by atoms with Crippen LogP contribution in [0.15, 0.2) is 5.38 Å². The summed E-state index contributed by atoms with van der Waals surface area (Å²) in [7, 11) is -1.00. The van der Waals surface area contributed by atoms with E-state index in [2.05, 4.69) is 9.88 Å². The minimum atomic E-state index is -2.84. The van der Waals surface area contributed by atoms with Crippen molar-refractivity contribution < 1.29 is 13.2 Å². The maximum Gasteiger partial charge on any atom is 0.225 e. The van der Waals surface area contributed by atoms with E-state index in [0.29, 0.717) is 12.3 Å². The molecule has 3 rings (SSSR count). The van der Waals surface area contributed by atoms with Crippen molar-refractivity contribution in [3.63, 3.8) is 0 Å². The number of amides is 1. The van der Waals surface area contributed by atoms with Crippen LogP contribution in [0.2, 0.25) is 0 Å². The normalized spacial score (nSPS) is 25.0. The Morgan fingerprint density at radius 3 is 2.62 bits per heavy atom. The Labute approximate surface area is 147 Å². The number of aromatic nitrogens is 1. The van der Waals surface area contributed by atoms with Gasteiger partial charge in [0.15, 0.2) is 9.84 Å². The van der Waals surface area contributed by atoms with Gasteiger partial charge in [-0.15, -0.1) is 11.3 Å². The Balaban J connectivity index is 1.49. The molecule has 2 fully saturated rings. The molecule has 0 saturated carbocycles. The molecule has 0 N–H and O–H groups in total. The highest BCUT2D eigenvalue weighted by Crippen LogP contribution is 2.25. The van der Waals surface area contributed by atoms with Gasteiger partial charge in [0.05, 0.1) is 28.8 Å². The minimum absolute atomic E-state index is 0.0454. The van der Waals surface area contributed by atoms with Crippen molar-refractivity contribution in [1.29, 1.82) is 0 Å². The molecule has 0 radical (unpaired) electrons. The summed E-state index contributed by atoms with van der Waals surface area (Å²) in [5, 5.41) is 3.02. The summed E-state index contributed by atoms with van der Waals surface area (Å²) in [6.07, 6.45) is 2.37. The molecule has 2 aliphatic rings. The lowest BCUT2D eigenvalue weighted by Crippen LogP contribution is -2.45. The fraction of sp³-hybridized carbons (Fsp3) is 0.750. The maximum absolute atomic E-state index is 12.6. The Kier molecular flexibility index (Phi) is 5.27. The van der Waals surface area contributed by atoms with E-state index >= 15 is 0 Å². The zero-order valence-electron chi connectivity index (χ0n) is 14.3. The first-order valence-corrected chi connectivity index (χ1v) is 11.1. The molecule has 0 unspecified atom stereocenters. The number of thiazole rings is 1. The number of likely N-dealkylation sites (tertiary alicyclic amines) is 1. The predicted molar refractivity (Wildman–Crippen MR) is 94.7 cm³/mol. The molecular formula is C16H25N3O3S2. The highest BCUT2D eigenvalue weighted by Gasteiger charge is 2.35. The number of rotatable bonds is 4. The van der Waals surface area contributed by atoms with Crippen molar-refractivity contribution in [3.8, 4) is 0 Å².